The molecule has 0 atom stereocenters. The SMILES string of the molecule is CCN(CC)c1ccccc1NC(=O)Nc1ccc(-c2ccnc3n[nH]c(C(F)(F)F)c23)cc1. The molecule has 0 fully saturated rings. The Labute approximate surface area is 194 Å². The van der Waals surface area contributed by atoms with Gasteiger partial charge in [-0.15, -0.1) is 0 Å². The van der Waals surface area contributed by atoms with E-state index in [4.69, 9.17) is 0 Å². The molecule has 7 nitrogen and oxygen atoms in total. The third kappa shape index (κ3) is 4.66. The molecular weight excluding hydrogens is 445 g/mol. The molecule has 0 unspecified atom stereocenters. The first-order valence-corrected chi connectivity index (χ1v) is 10.7. The number of para-hydroxylation sites is 2. The number of alkyl halides is 3. The van der Waals surface area contributed by atoms with Crippen molar-refractivity contribution < 1.29 is 18.0 Å². The fourth-order valence-electron chi connectivity index (χ4n) is 3.83. The molecule has 2 amide bonds. The van der Waals surface area contributed by atoms with Crippen LogP contribution in [0.2, 0.25) is 0 Å². The van der Waals surface area contributed by atoms with E-state index >= 15 is 0 Å². The van der Waals surface area contributed by atoms with E-state index in [0.717, 1.165) is 18.8 Å². The third-order valence-corrected chi connectivity index (χ3v) is 5.45. The van der Waals surface area contributed by atoms with Crippen LogP contribution in [0.5, 0.6) is 0 Å². The van der Waals surface area contributed by atoms with Crippen LogP contribution in [0.3, 0.4) is 0 Å². The molecular formula is C24H23F3N6O. The summed E-state index contributed by atoms with van der Waals surface area (Å²) in [6.45, 7) is 5.68. The van der Waals surface area contributed by atoms with E-state index in [9.17, 15) is 18.0 Å². The third-order valence-electron chi connectivity index (χ3n) is 5.45. The number of H-pyrrole nitrogens is 1. The summed E-state index contributed by atoms with van der Waals surface area (Å²) in [5.41, 5.74) is 2.01. The van der Waals surface area contributed by atoms with Gasteiger partial charge in [-0.3, -0.25) is 5.10 Å². The average Bonchev–Trinajstić information content (AvgIpc) is 3.27. The molecule has 2 aromatic carbocycles. The molecule has 0 saturated heterocycles. The van der Waals surface area contributed by atoms with Crippen LogP contribution in [0.4, 0.5) is 35.0 Å². The van der Waals surface area contributed by atoms with Crippen molar-refractivity contribution in [2.75, 3.05) is 28.6 Å². The van der Waals surface area contributed by atoms with Gasteiger partial charge in [0.2, 0.25) is 0 Å². The number of fused-ring (bicyclic) bond motifs is 1. The lowest BCUT2D eigenvalue weighted by molar-refractivity contribution is -0.139. The number of halogens is 3. The van der Waals surface area contributed by atoms with E-state index in [0.29, 0.717) is 22.5 Å². The molecule has 2 heterocycles. The van der Waals surface area contributed by atoms with Crippen molar-refractivity contribution in [1.82, 2.24) is 15.2 Å². The summed E-state index contributed by atoms with van der Waals surface area (Å²) in [6.07, 6.45) is -3.18. The summed E-state index contributed by atoms with van der Waals surface area (Å²) in [7, 11) is 0. The van der Waals surface area contributed by atoms with Crippen LogP contribution in [0.1, 0.15) is 19.5 Å². The molecule has 2 aromatic heterocycles. The summed E-state index contributed by atoms with van der Waals surface area (Å²) >= 11 is 0. The summed E-state index contributed by atoms with van der Waals surface area (Å²) < 4.78 is 40.2. The van der Waals surface area contributed by atoms with E-state index in [1.807, 2.05) is 43.2 Å². The molecule has 3 N–H and O–H groups in total. The summed E-state index contributed by atoms with van der Waals surface area (Å²) in [4.78, 5) is 18.6. The summed E-state index contributed by atoms with van der Waals surface area (Å²) in [5, 5.41) is 11.2. The quantitative estimate of drug-likeness (QED) is 0.318. The lowest BCUT2D eigenvalue weighted by Crippen LogP contribution is -2.25. The molecule has 0 saturated carbocycles. The van der Waals surface area contributed by atoms with E-state index in [1.54, 1.807) is 24.3 Å². The van der Waals surface area contributed by atoms with Crippen molar-refractivity contribution in [3.8, 4) is 11.1 Å². The summed E-state index contributed by atoms with van der Waals surface area (Å²) in [5.74, 6) is 0. The Morgan fingerprint density at radius 1 is 1.00 bits per heavy atom. The minimum absolute atomic E-state index is 0.0155. The topological polar surface area (TPSA) is 85.9 Å². The zero-order chi connectivity index (χ0) is 24.3. The predicted molar refractivity (Wildman–Crippen MR) is 127 cm³/mol. The number of nitrogens with one attached hydrogen (secondary N) is 3. The van der Waals surface area contributed by atoms with Crippen LogP contribution < -0.4 is 15.5 Å². The Morgan fingerprint density at radius 3 is 2.38 bits per heavy atom. The van der Waals surface area contributed by atoms with Crippen LogP contribution in [-0.4, -0.2) is 34.3 Å². The Kier molecular flexibility index (Phi) is 6.40. The van der Waals surface area contributed by atoms with Crippen LogP contribution in [-0.2, 0) is 6.18 Å². The Hall–Kier alpha value is -4.08. The number of aromatic amines is 1. The van der Waals surface area contributed by atoms with Crippen molar-refractivity contribution in [2.45, 2.75) is 20.0 Å². The van der Waals surface area contributed by atoms with E-state index < -0.39 is 17.9 Å². The van der Waals surface area contributed by atoms with Gasteiger partial charge in [0.05, 0.1) is 16.8 Å². The fraction of sp³-hybridized carbons (Fsp3) is 0.208. The number of benzene rings is 2. The number of urea groups is 1. The van der Waals surface area contributed by atoms with Gasteiger partial charge < -0.3 is 15.5 Å². The van der Waals surface area contributed by atoms with Gasteiger partial charge in [-0.25, -0.2) is 9.78 Å². The number of anilines is 3. The number of rotatable bonds is 6. The number of hydrogen-bond donors (Lipinski definition) is 3. The lowest BCUT2D eigenvalue weighted by atomic mass is 10.0. The average molecular weight is 468 g/mol. The molecule has 4 rings (SSSR count). The Morgan fingerprint density at radius 2 is 1.71 bits per heavy atom. The maximum atomic E-state index is 13.4. The molecule has 0 radical (unpaired) electrons. The second-order valence-electron chi connectivity index (χ2n) is 7.50. The number of amides is 2. The van der Waals surface area contributed by atoms with Crippen LogP contribution in [0, 0.1) is 0 Å². The van der Waals surface area contributed by atoms with Crippen LogP contribution in [0.25, 0.3) is 22.2 Å². The first kappa shape index (κ1) is 23.1. The number of carbonyl (C=O) groups excluding carboxylic acids is 1. The molecule has 0 aliphatic carbocycles. The van der Waals surface area contributed by atoms with Gasteiger partial charge in [0, 0.05) is 25.0 Å². The van der Waals surface area contributed by atoms with E-state index in [1.165, 1.54) is 12.3 Å². The maximum Gasteiger partial charge on any atom is 0.433 e. The van der Waals surface area contributed by atoms with Crippen molar-refractivity contribution in [3.63, 3.8) is 0 Å². The zero-order valence-electron chi connectivity index (χ0n) is 18.6. The summed E-state index contributed by atoms with van der Waals surface area (Å²) in [6, 6.07) is 15.2. The number of carbonyl (C=O) groups is 1. The highest BCUT2D eigenvalue weighted by molar-refractivity contribution is 6.02. The van der Waals surface area contributed by atoms with Crippen LogP contribution >= 0.6 is 0 Å². The smallest absolute Gasteiger partial charge is 0.370 e. The van der Waals surface area contributed by atoms with Gasteiger partial charge >= 0.3 is 12.2 Å². The molecule has 176 valence electrons. The Balaban J connectivity index is 1.54. The van der Waals surface area contributed by atoms with Gasteiger partial charge in [-0.1, -0.05) is 24.3 Å². The van der Waals surface area contributed by atoms with Crippen molar-refractivity contribution in [2.24, 2.45) is 0 Å². The van der Waals surface area contributed by atoms with Crippen LogP contribution in [0.15, 0.2) is 60.8 Å². The number of hydrogen-bond acceptors (Lipinski definition) is 4. The second kappa shape index (κ2) is 9.42. The number of nitrogens with zero attached hydrogens (tertiary/aromatic N) is 3. The zero-order valence-corrected chi connectivity index (χ0v) is 18.6. The van der Waals surface area contributed by atoms with Gasteiger partial charge in [0.1, 0.15) is 5.69 Å². The normalized spacial score (nSPS) is 11.4. The van der Waals surface area contributed by atoms with Crippen molar-refractivity contribution in [3.05, 3.63) is 66.5 Å². The number of aromatic nitrogens is 3. The second-order valence-corrected chi connectivity index (χ2v) is 7.50. The highest BCUT2D eigenvalue weighted by Crippen LogP contribution is 2.37. The molecule has 0 aliphatic heterocycles. The minimum Gasteiger partial charge on any atom is -0.370 e. The van der Waals surface area contributed by atoms with Gasteiger partial charge in [-0.05, 0) is 55.3 Å². The molecule has 34 heavy (non-hydrogen) atoms. The Bertz CT molecular complexity index is 1300. The fourth-order valence-corrected chi connectivity index (χ4v) is 3.83. The van der Waals surface area contributed by atoms with Gasteiger partial charge in [0.15, 0.2) is 5.65 Å². The molecule has 0 aliphatic rings. The number of pyridine rings is 1. The molecule has 0 bridgehead atoms. The first-order chi connectivity index (χ1) is 16.3. The van der Waals surface area contributed by atoms with Gasteiger partial charge in [0.25, 0.3) is 0 Å². The largest absolute Gasteiger partial charge is 0.433 e. The standard InChI is InChI=1S/C24H23F3N6O/c1-3-33(4-2)19-8-6-5-7-18(19)30-23(34)29-16-11-9-15(10-12-16)17-13-14-28-22-20(17)21(31-32-22)24(25,26)27/h5-14H,3-4H2,1-2H3,(H,28,31,32)(H2,29,30,34). The van der Waals surface area contributed by atoms with E-state index in [-0.39, 0.29) is 11.0 Å². The van der Waals surface area contributed by atoms with Gasteiger partial charge in [-0.2, -0.15) is 18.3 Å². The predicted octanol–water partition coefficient (Wildman–Crippen LogP) is 6.13. The molecule has 10 heteroatoms. The van der Waals surface area contributed by atoms with E-state index in [2.05, 4.69) is 25.6 Å². The highest BCUT2D eigenvalue weighted by atomic mass is 19.4. The minimum atomic E-state index is -4.59. The monoisotopic (exact) mass is 468 g/mol. The highest BCUT2D eigenvalue weighted by Gasteiger charge is 2.36. The maximum absolute atomic E-state index is 13.4. The lowest BCUT2D eigenvalue weighted by Gasteiger charge is -2.24. The molecule has 4 aromatic rings. The van der Waals surface area contributed by atoms with Crippen molar-refractivity contribution >= 4 is 34.1 Å². The molecule has 0 spiro atoms. The van der Waals surface area contributed by atoms with Crippen molar-refractivity contribution in [1.29, 1.82) is 0 Å². The first-order valence-electron chi connectivity index (χ1n) is 10.7.